The van der Waals surface area contributed by atoms with Gasteiger partial charge in [-0.3, -0.25) is 15.0 Å². The Kier molecular flexibility index (Phi) is 7.95. The van der Waals surface area contributed by atoms with Gasteiger partial charge in [-0.25, -0.2) is 4.79 Å². The molecule has 1 amide bonds. The summed E-state index contributed by atoms with van der Waals surface area (Å²) in [5.41, 5.74) is 0.242. The number of morpholine rings is 1. The summed E-state index contributed by atoms with van der Waals surface area (Å²) >= 11 is 0. The molecule has 2 atom stereocenters. The number of benzene rings is 1. The minimum Gasteiger partial charge on any atom is -0.460 e. The normalized spacial score (nSPS) is 18.8. The van der Waals surface area contributed by atoms with Crippen molar-refractivity contribution in [3.63, 3.8) is 0 Å². The van der Waals surface area contributed by atoms with Crippen molar-refractivity contribution in [3.05, 3.63) is 35.9 Å². The molecule has 2 rings (SSSR count). The average molecular weight is 392 g/mol. The van der Waals surface area contributed by atoms with Gasteiger partial charge in [0.15, 0.2) is 0 Å². The molecule has 0 saturated carbocycles. The van der Waals surface area contributed by atoms with Crippen molar-refractivity contribution in [2.45, 2.75) is 51.7 Å². The number of amides is 1. The van der Waals surface area contributed by atoms with Gasteiger partial charge < -0.3 is 19.0 Å². The number of nitrogens with one attached hydrogen (secondary N) is 1. The van der Waals surface area contributed by atoms with Crippen LogP contribution < -0.4 is 5.32 Å². The number of rotatable bonds is 7. The summed E-state index contributed by atoms with van der Waals surface area (Å²) in [5.74, 6) is -0.478. The zero-order chi connectivity index (χ0) is 20.6. The first kappa shape index (κ1) is 21.8. The summed E-state index contributed by atoms with van der Waals surface area (Å²) in [6, 6.07) is 8.59. The summed E-state index contributed by atoms with van der Waals surface area (Å²) in [7, 11) is 0. The number of hydrogen-bond acceptors (Lipinski definition) is 7. The lowest BCUT2D eigenvalue weighted by Gasteiger charge is -2.36. The SMILES string of the molecule is CC(C)(C)OC(=O)N[C@H]1CN(C(CC=O)C(=O)OCc2ccccc2)CCO1. The molecule has 8 nitrogen and oxygen atoms in total. The molecule has 8 heteroatoms. The summed E-state index contributed by atoms with van der Waals surface area (Å²) in [6.07, 6.45) is -0.537. The lowest BCUT2D eigenvalue weighted by molar-refractivity contribution is -0.156. The molecule has 1 aromatic carbocycles. The minimum atomic E-state index is -0.729. The molecule has 0 bridgehead atoms. The van der Waals surface area contributed by atoms with Gasteiger partial charge in [0.1, 0.15) is 30.8 Å². The largest absolute Gasteiger partial charge is 0.460 e. The van der Waals surface area contributed by atoms with Gasteiger partial charge in [0, 0.05) is 19.5 Å². The number of carbonyl (C=O) groups excluding carboxylic acids is 3. The van der Waals surface area contributed by atoms with E-state index in [4.69, 9.17) is 14.2 Å². The van der Waals surface area contributed by atoms with Crippen LogP contribution in [0.25, 0.3) is 0 Å². The fraction of sp³-hybridized carbons (Fsp3) is 0.550. The third kappa shape index (κ3) is 7.28. The van der Waals surface area contributed by atoms with E-state index in [-0.39, 0.29) is 19.6 Å². The number of carbonyl (C=O) groups is 3. The van der Waals surface area contributed by atoms with Crippen molar-refractivity contribution >= 4 is 18.3 Å². The van der Waals surface area contributed by atoms with Gasteiger partial charge in [-0.2, -0.15) is 0 Å². The Labute approximate surface area is 165 Å². The third-order valence-electron chi connectivity index (χ3n) is 4.03. The fourth-order valence-corrected chi connectivity index (χ4v) is 2.79. The van der Waals surface area contributed by atoms with Gasteiger partial charge in [-0.05, 0) is 26.3 Å². The van der Waals surface area contributed by atoms with Gasteiger partial charge >= 0.3 is 12.1 Å². The summed E-state index contributed by atoms with van der Waals surface area (Å²) in [4.78, 5) is 37.4. The molecule has 0 aromatic heterocycles. The molecule has 154 valence electrons. The lowest BCUT2D eigenvalue weighted by atomic mass is 10.1. The van der Waals surface area contributed by atoms with E-state index in [0.29, 0.717) is 19.4 Å². The minimum absolute atomic E-state index is 0.00673. The molecular formula is C20H28N2O6. The van der Waals surface area contributed by atoms with Crippen molar-refractivity contribution in [3.8, 4) is 0 Å². The van der Waals surface area contributed by atoms with Crippen LogP contribution in [0.5, 0.6) is 0 Å². The molecule has 0 spiro atoms. The average Bonchev–Trinajstić information content (AvgIpc) is 2.63. The third-order valence-corrected chi connectivity index (χ3v) is 4.03. The maximum atomic E-state index is 12.5. The van der Waals surface area contributed by atoms with E-state index >= 15 is 0 Å². The summed E-state index contributed by atoms with van der Waals surface area (Å²) < 4.78 is 16.1. The summed E-state index contributed by atoms with van der Waals surface area (Å²) in [6.45, 7) is 6.45. The number of nitrogens with zero attached hydrogens (tertiary/aromatic N) is 1. The molecule has 1 unspecified atom stereocenters. The van der Waals surface area contributed by atoms with Crippen molar-refractivity contribution in [2.75, 3.05) is 19.7 Å². The van der Waals surface area contributed by atoms with Crippen LogP contribution in [-0.2, 0) is 30.4 Å². The van der Waals surface area contributed by atoms with Crippen molar-refractivity contribution in [1.82, 2.24) is 10.2 Å². The van der Waals surface area contributed by atoms with Gasteiger partial charge in [-0.15, -0.1) is 0 Å². The van der Waals surface area contributed by atoms with Crippen molar-refractivity contribution in [1.29, 1.82) is 0 Å². The van der Waals surface area contributed by atoms with Crippen LogP contribution in [0.2, 0.25) is 0 Å². The monoisotopic (exact) mass is 392 g/mol. The van der Waals surface area contributed by atoms with Crippen LogP contribution in [0.4, 0.5) is 4.79 Å². The maximum Gasteiger partial charge on any atom is 0.409 e. The molecular weight excluding hydrogens is 364 g/mol. The van der Waals surface area contributed by atoms with E-state index in [9.17, 15) is 14.4 Å². The van der Waals surface area contributed by atoms with Gasteiger partial charge in [0.2, 0.25) is 0 Å². The van der Waals surface area contributed by atoms with E-state index in [0.717, 1.165) is 5.56 Å². The molecule has 1 aliphatic rings. The van der Waals surface area contributed by atoms with Crippen LogP contribution >= 0.6 is 0 Å². The predicted octanol–water partition coefficient (Wildman–Crippen LogP) is 1.87. The molecule has 0 radical (unpaired) electrons. The fourth-order valence-electron chi connectivity index (χ4n) is 2.79. The Bertz CT molecular complexity index is 658. The van der Waals surface area contributed by atoms with Crippen LogP contribution in [0, 0.1) is 0 Å². The highest BCUT2D eigenvalue weighted by Gasteiger charge is 2.33. The highest BCUT2D eigenvalue weighted by Crippen LogP contribution is 2.14. The number of aldehydes is 1. The Balaban J connectivity index is 1.93. The zero-order valence-corrected chi connectivity index (χ0v) is 16.6. The Morgan fingerprint density at radius 1 is 1.32 bits per heavy atom. The van der Waals surface area contributed by atoms with Gasteiger partial charge in [-0.1, -0.05) is 30.3 Å². The van der Waals surface area contributed by atoms with Crippen LogP contribution in [0.3, 0.4) is 0 Å². The standard InChI is InChI=1S/C20H28N2O6/c1-20(2,3)28-19(25)21-17-13-22(10-12-26-17)16(9-11-23)18(24)27-14-15-7-5-4-6-8-15/h4-8,11,16-17H,9-10,12-14H2,1-3H3,(H,21,25)/t16?,17-/m1/s1. The first-order valence-corrected chi connectivity index (χ1v) is 9.28. The molecule has 28 heavy (non-hydrogen) atoms. The number of ether oxygens (including phenoxy) is 3. The quantitative estimate of drug-likeness (QED) is 0.559. The second kappa shape index (κ2) is 10.2. The van der Waals surface area contributed by atoms with E-state index in [2.05, 4.69) is 5.32 Å². The van der Waals surface area contributed by atoms with E-state index < -0.39 is 29.9 Å². The highest BCUT2D eigenvalue weighted by atomic mass is 16.6. The molecule has 1 aromatic rings. The topological polar surface area (TPSA) is 94.2 Å². The Hall–Kier alpha value is -2.45. The van der Waals surface area contributed by atoms with Crippen molar-refractivity contribution in [2.24, 2.45) is 0 Å². The highest BCUT2D eigenvalue weighted by molar-refractivity contribution is 5.79. The molecule has 1 aliphatic heterocycles. The van der Waals surface area contributed by atoms with Gasteiger partial charge in [0.25, 0.3) is 0 Å². The molecule has 1 heterocycles. The van der Waals surface area contributed by atoms with E-state index in [1.807, 2.05) is 30.3 Å². The second-order valence-electron chi connectivity index (χ2n) is 7.51. The maximum absolute atomic E-state index is 12.5. The first-order valence-electron chi connectivity index (χ1n) is 9.28. The van der Waals surface area contributed by atoms with Crippen molar-refractivity contribution < 1.29 is 28.6 Å². The second-order valence-corrected chi connectivity index (χ2v) is 7.51. The zero-order valence-electron chi connectivity index (χ0n) is 16.6. The first-order chi connectivity index (χ1) is 13.3. The number of esters is 1. The number of alkyl carbamates (subject to hydrolysis) is 1. The van der Waals surface area contributed by atoms with Crippen LogP contribution in [-0.4, -0.2) is 60.8 Å². The Morgan fingerprint density at radius 3 is 2.68 bits per heavy atom. The smallest absolute Gasteiger partial charge is 0.409 e. The molecule has 1 N–H and O–H groups in total. The van der Waals surface area contributed by atoms with Crippen LogP contribution in [0.1, 0.15) is 32.8 Å². The number of hydrogen-bond donors (Lipinski definition) is 1. The summed E-state index contributed by atoms with van der Waals surface area (Å²) in [5, 5.41) is 2.63. The van der Waals surface area contributed by atoms with E-state index in [1.54, 1.807) is 25.7 Å². The predicted molar refractivity (Wildman–Crippen MR) is 101 cm³/mol. The van der Waals surface area contributed by atoms with E-state index in [1.165, 1.54) is 0 Å². The Morgan fingerprint density at radius 2 is 2.04 bits per heavy atom. The molecule has 1 saturated heterocycles. The lowest BCUT2D eigenvalue weighted by Crippen LogP contribution is -2.56. The molecule has 0 aliphatic carbocycles. The van der Waals surface area contributed by atoms with Crippen LogP contribution in [0.15, 0.2) is 30.3 Å². The molecule has 1 fully saturated rings. The van der Waals surface area contributed by atoms with Gasteiger partial charge in [0.05, 0.1) is 6.61 Å².